The van der Waals surface area contributed by atoms with Crippen LogP contribution >= 0.6 is 0 Å². The average Bonchev–Trinajstić information content (AvgIpc) is 3.18. The maximum atomic E-state index is 13.8. The zero-order valence-corrected chi connectivity index (χ0v) is 23.2. The number of amides is 1. The number of hydrogen-bond acceptors (Lipinski definition) is 3. The van der Waals surface area contributed by atoms with E-state index in [0.717, 1.165) is 22.6 Å². The molecule has 232 valence electrons. The second-order valence-electron chi connectivity index (χ2n) is 10.5. The molecule has 0 bridgehead atoms. The molecule has 4 nitrogen and oxygen atoms in total. The third kappa shape index (κ3) is 6.70. The Morgan fingerprint density at radius 2 is 1.37 bits per heavy atom. The van der Waals surface area contributed by atoms with Crippen LogP contribution in [0.5, 0.6) is 5.75 Å². The van der Waals surface area contributed by atoms with E-state index < -0.39 is 65.6 Å². The molecule has 0 radical (unpaired) electrons. The molecule has 0 aromatic heterocycles. The molecule has 0 aliphatic carbocycles. The van der Waals surface area contributed by atoms with Crippen LogP contribution in [0.1, 0.15) is 66.2 Å². The number of hydrogen-bond donors (Lipinski definition) is 0. The standard InChI is InChI=1S/C30H26F9NO3/c1-15(2)18-5-8-25(42-4)23(11-18)22-7-6-19(28(31,32)33)13-24(22)26-16(3)40(27(41)43-26)14-17-9-20(29(34,35)36)12-21(10-17)30(37,38)39/h5-13,15-16,26H,14H2,1-4H3/t16-,26-/m1/s1. The van der Waals surface area contributed by atoms with Gasteiger partial charge < -0.3 is 9.47 Å². The van der Waals surface area contributed by atoms with Gasteiger partial charge in [0.2, 0.25) is 0 Å². The largest absolute Gasteiger partial charge is 0.496 e. The number of cyclic esters (lactones) is 1. The summed E-state index contributed by atoms with van der Waals surface area (Å²) < 4.78 is 133. The number of carbonyl (C=O) groups excluding carboxylic acids is 1. The summed E-state index contributed by atoms with van der Waals surface area (Å²) in [4.78, 5) is 13.8. The first-order valence-electron chi connectivity index (χ1n) is 13.0. The Bertz CT molecular complexity index is 1480. The first kappa shape index (κ1) is 32.0. The van der Waals surface area contributed by atoms with Crippen LogP contribution in [0.25, 0.3) is 11.1 Å². The van der Waals surface area contributed by atoms with Crippen molar-refractivity contribution in [1.82, 2.24) is 4.90 Å². The Morgan fingerprint density at radius 3 is 1.88 bits per heavy atom. The van der Waals surface area contributed by atoms with Crippen molar-refractivity contribution >= 4 is 6.09 Å². The number of benzene rings is 3. The molecule has 0 N–H and O–H groups in total. The van der Waals surface area contributed by atoms with Crippen molar-refractivity contribution in [3.63, 3.8) is 0 Å². The molecule has 0 saturated carbocycles. The first-order chi connectivity index (χ1) is 19.8. The fourth-order valence-electron chi connectivity index (χ4n) is 4.96. The van der Waals surface area contributed by atoms with E-state index in [-0.39, 0.29) is 23.1 Å². The number of methoxy groups -OCH3 is 1. The molecular formula is C30H26F9NO3. The van der Waals surface area contributed by atoms with Crippen molar-refractivity contribution in [3.05, 3.63) is 88.0 Å². The topological polar surface area (TPSA) is 38.8 Å². The highest BCUT2D eigenvalue weighted by molar-refractivity contribution is 5.77. The Kier molecular flexibility index (Phi) is 8.42. The summed E-state index contributed by atoms with van der Waals surface area (Å²) >= 11 is 0. The molecule has 0 spiro atoms. The van der Waals surface area contributed by atoms with E-state index in [9.17, 15) is 44.3 Å². The van der Waals surface area contributed by atoms with Crippen molar-refractivity contribution in [2.24, 2.45) is 0 Å². The molecule has 1 amide bonds. The van der Waals surface area contributed by atoms with Gasteiger partial charge in [0.05, 0.1) is 29.8 Å². The molecule has 13 heteroatoms. The lowest BCUT2D eigenvalue weighted by molar-refractivity contribution is -0.143. The van der Waals surface area contributed by atoms with Gasteiger partial charge in [-0.05, 0) is 72.0 Å². The summed E-state index contributed by atoms with van der Waals surface area (Å²) in [6.45, 7) is 4.50. The van der Waals surface area contributed by atoms with E-state index >= 15 is 0 Å². The summed E-state index contributed by atoms with van der Waals surface area (Å²) in [6.07, 6.45) is -17.5. The van der Waals surface area contributed by atoms with Gasteiger partial charge in [-0.25, -0.2) is 4.79 Å². The molecule has 3 aromatic carbocycles. The van der Waals surface area contributed by atoms with Crippen LogP contribution in [0, 0.1) is 0 Å². The third-order valence-electron chi connectivity index (χ3n) is 7.26. The number of alkyl halides is 9. The molecule has 2 atom stereocenters. The summed E-state index contributed by atoms with van der Waals surface area (Å²) in [7, 11) is 1.38. The minimum Gasteiger partial charge on any atom is -0.496 e. The molecule has 1 saturated heterocycles. The Hall–Kier alpha value is -3.90. The molecule has 4 rings (SSSR count). The van der Waals surface area contributed by atoms with Gasteiger partial charge in [-0.1, -0.05) is 26.0 Å². The minimum absolute atomic E-state index is 0.0361. The zero-order chi connectivity index (χ0) is 32.1. The van der Waals surface area contributed by atoms with Gasteiger partial charge in [-0.2, -0.15) is 39.5 Å². The second-order valence-corrected chi connectivity index (χ2v) is 10.5. The molecule has 1 fully saturated rings. The highest BCUT2D eigenvalue weighted by atomic mass is 19.4. The summed E-state index contributed by atoms with van der Waals surface area (Å²) in [5.41, 5.74) is -3.22. The monoisotopic (exact) mass is 619 g/mol. The number of carbonyl (C=O) groups is 1. The van der Waals surface area contributed by atoms with E-state index in [1.165, 1.54) is 20.1 Å². The summed E-state index contributed by atoms with van der Waals surface area (Å²) in [5, 5.41) is 0. The van der Waals surface area contributed by atoms with Crippen molar-refractivity contribution in [1.29, 1.82) is 0 Å². The van der Waals surface area contributed by atoms with Crippen molar-refractivity contribution in [3.8, 4) is 16.9 Å². The van der Waals surface area contributed by atoms with Gasteiger partial charge in [-0.15, -0.1) is 0 Å². The van der Waals surface area contributed by atoms with Gasteiger partial charge in [0.1, 0.15) is 11.9 Å². The van der Waals surface area contributed by atoms with E-state index in [4.69, 9.17) is 9.47 Å². The zero-order valence-electron chi connectivity index (χ0n) is 23.2. The number of halogens is 9. The number of rotatable bonds is 6. The van der Waals surface area contributed by atoms with Crippen LogP contribution in [0.2, 0.25) is 0 Å². The second kappa shape index (κ2) is 11.3. The Balaban J connectivity index is 1.81. The number of ether oxygens (including phenoxy) is 2. The maximum absolute atomic E-state index is 13.8. The molecule has 1 aliphatic heterocycles. The van der Waals surface area contributed by atoms with Crippen LogP contribution in [-0.4, -0.2) is 24.1 Å². The fraction of sp³-hybridized carbons (Fsp3) is 0.367. The Labute approximate surface area is 241 Å². The van der Waals surface area contributed by atoms with Gasteiger partial charge in [0.15, 0.2) is 0 Å². The fourth-order valence-corrected chi connectivity index (χ4v) is 4.96. The first-order valence-corrected chi connectivity index (χ1v) is 13.0. The summed E-state index contributed by atoms with van der Waals surface area (Å²) in [6, 6.07) is 7.92. The van der Waals surface area contributed by atoms with Crippen LogP contribution in [0.4, 0.5) is 44.3 Å². The molecule has 1 aliphatic rings. The normalized spacial score (nSPS) is 17.9. The Morgan fingerprint density at radius 1 is 0.791 bits per heavy atom. The van der Waals surface area contributed by atoms with Crippen LogP contribution in [0.3, 0.4) is 0 Å². The molecular weight excluding hydrogens is 593 g/mol. The van der Waals surface area contributed by atoms with Crippen LogP contribution in [0.15, 0.2) is 54.6 Å². The lowest BCUT2D eigenvalue weighted by Gasteiger charge is -2.24. The third-order valence-corrected chi connectivity index (χ3v) is 7.26. The van der Waals surface area contributed by atoms with Crippen molar-refractivity contribution < 1.29 is 53.8 Å². The molecule has 1 heterocycles. The SMILES string of the molecule is COc1ccc(C(C)C)cc1-c1ccc(C(F)(F)F)cc1[C@@H]1OC(=O)N(Cc2cc(C(F)(F)F)cc(C(F)(F)F)c2)[C@@H]1C. The van der Waals surface area contributed by atoms with Crippen LogP contribution < -0.4 is 4.74 Å². The van der Waals surface area contributed by atoms with Crippen LogP contribution in [-0.2, 0) is 29.8 Å². The van der Waals surface area contributed by atoms with Gasteiger partial charge >= 0.3 is 24.6 Å². The predicted molar refractivity (Wildman–Crippen MR) is 138 cm³/mol. The van der Waals surface area contributed by atoms with Crippen molar-refractivity contribution in [2.75, 3.05) is 7.11 Å². The van der Waals surface area contributed by atoms with E-state index in [1.54, 1.807) is 18.2 Å². The smallest absolute Gasteiger partial charge is 0.416 e. The lowest BCUT2D eigenvalue weighted by atomic mass is 9.89. The van der Waals surface area contributed by atoms with E-state index in [1.807, 2.05) is 13.8 Å². The lowest BCUT2D eigenvalue weighted by Crippen LogP contribution is -2.31. The maximum Gasteiger partial charge on any atom is 0.416 e. The average molecular weight is 620 g/mol. The van der Waals surface area contributed by atoms with Gasteiger partial charge in [-0.3, -0.25) is 4.90 Å². The van der Waals surface area contributed by atoms with Gasteiger partial charge in [0.25, 0.3) is 0 Å². The molecule has 3 aromatic rings. The predicted octanol–water partition coefficient (Wildman–Crippen LogP) is 9.62. The number of nitrogens with zero attached hydrogens (tertiary/aromatic N) is 1. The molecule has 43 heavy (non-hydrogen) atoms. The molecule has 0 unspecified atom stereocenters. The van der Waals surface area contributed by atoms with Crippen molar-refractivity contribution in [2.45, 2.75) is 63.9 Å². The minimum atomic E-state index is -5.10. The van der Waals surface area contributed by atoms with Gasteiger partial charge in [0, 0.05) is 17.7 Å². The summed E-state index contributed by atoms with van der Waals surface area (Å²) in [5.74, 6) is 0.359. The highest BCUT2D eigenvalue weighted by Gasteiger charge is 2.43. The van der Waals surface area contributed by atoms with E-state index in [2.05, 4.69) is 0 Å². The quantitative estimate of drug-likeness (QED) is 0.258. The highest BCUT2D eigenvalue weighted by Crippen LogP contribution is 2.45. The van der Waals surface area contributed by atoms with E-state index in [0.29, 0.717) is 23.4 Å².